The predicted octanol–water partition coefficient (Wildman–Crippen LogP) is 2.09. The summed E-state index contributed by atoms with van der Waals surface area (Å²) in [5.41, 5.74) is 0.501. The lowest BCUT2D eigenvalue weighted by molar-refractivity contribution is -0.137. The van der Waals surface area contributed by atoms with Gasteiger partial charge in [-0.15, -0.1) is 0 Å². The quantitative estimate of drug-likeness (QED) is 0.755. The third kappa shape index (κ3) is 5.59. The summed E-state index contributed by atoms with van der Waals surface area (Å²) in [4.78, 5) is 25.9. The number of alkyl halides is 3. The van der Waals surface area contributed by atoms with Gasteiger partial charge in [0, 0.05) is 26.2 Å². The first-order valence-electron chi connectivity index (χ1n) is 8.26. The van der Waals surface area contributed by atoms with Gasteiger partial charge in [-0.05, 0) is 18.6 Å². The molecule has 2 amide bonds. The van der Waals surface area contributed by atoms with E-state index in [1.54, 1.807) is 17.9 Å². The molecule has 1 heterocycles. The molecule has 0 spiro atoms. The molecule has 2 rings (SSSR count). The van der Waals surface area contributed by atoms with Gasteiger partial charge in [0.05, 0.1) is 18.0 Å². The van der Waals surface area contributed by atoms with E-state index in [0.29, 0.717) is 25.2 Å². The number of benzene rings is 1. The normalized spacial score (nSPS) is 18.3. The Labute approximate surface area is 150 Å². The first-order chi connectivity index (χ1) is 12.2. The summed E-state index contributed by atoms with van der Waals surface area (Å²) in [5.74, 6) is -0.599. The molecular formula is C18H22F3N3O2. The molecule has 0 radical (unpaired) electrons. The molecule has 8 heteroatoms. The van der Waals surface area contributed by atoms with E-state index in [9.17, 15) is 22.8 Å². The zero-order chi connectivity index (χ0) is 19.3. The standard InChI is InChI=1S/C18H22F3N3O2/c1-12(2)10-23-16(25)9-15-17(26)22-6-7-24(15)11-13-4-3-5-14(8-13)18(19,20)21/h3-5,8,15H,1,6-7,9-11H2,2H3,(H,22,26)(H,23,25)/t15-/m0/s1. The number of nitrogens with zero attached hydrogens (tertiary/aromatic N) is 1. The van der Waals surface area contributed by atoms with Crippen LogP contribution in [0, 0.1) is 0 Å². The SMILES string of the molecule is C=C(C)CNC(=O)C[C@H]1C(=O)NCCN1Cc1cccc(C(F)(F)F)c1. The Morgan fingerprint density at radius 3 is 2.81 bits per heavy atom. The van der Waals surface area contributed by atoms with Gasteiger partial charge in [0.2, 0.25) is 11.8 Å². The Balaban J connectivity index is 2.09. The average Bonchev–Trinajstić information content (AvgIpc) is 2.55. The van der Waals surface area contributed by atoms with Crippen LogP contribution >= 0.6 is 0 Å². The number of amides is 2. The highest BCUT2D eigenvalue weighted by molar-refractivity contribution is 5.88. The van der Waals surface area contributed by atoms with Gasteiger partial charge in [0.1, 0.15) is 0 Å². The molecule has 142 valence electrons. The van der Waals surface area contributed by atoms with Crippen molar-refractivity contribution in [3.8, 4) is 0 Å². The van der Waals surface area contributed by atoms with E-state index >= 15 is 0 Å². The first-order valence-corrected chi connectivity index (χ1v) is 8.26. The molecule has 1 atom stereocenters. The fraction of sp³-hybridized carbons (Fsp3) is 0.444. The van der Waals surface area contributed by atoms with Gasteiger partial charge >= 0.3 is 6.18 Å². The summed E-state index contributed by atoms with van der Waals surface area (Å²) in [7, 11) is 0. The molecule has 26 heavy (non-hydrogen) atoms. The third-order valence-corrected chi connectivity index (χ3v) is 4.05. The summed E-state index contributed by atoms with van der Waals surface area (Å²) in [6, 6.07) is 4.29. The van der Waals surface area contributed by atoms with Crippen LogP contribution in [-0.2, 0) is 22.3 Å². The Kier molecular flexibility index (Phi) is 6.42. The number of halogens is 3. The van der Waals surface area contributed by atoms with E-state index in [4.69, 9.17) is 0 Å². The lowest BCUT2D eigenvalue weighted by Gasteiger charge is -2.34. The van der Waals surface area contributed by atoms with Crippen molar-refractivity contribution in [1.29, 1.82) is 0 Å². The number of carbonyl (C=O) groups excluding carboxylic acids is 2. The Hall–Kier alpha value is -2.35. The summed E-state index contributed by atoms with van der Waals surface area (Å²) in [6.45, 7) is 6.79. The average molecular weight is 369 g/mol. The topological polar surface area (TPSA) is 61.4 Å². The molecule has 0 aromatic heterocycles. The molecule has 5 nitrogen and oxygen atoms in total. The maximum absolute atomic E-state index is 12.9. The molecule has 1 aromatic rings. The van der Waals surface area contributed by atoms with Gasteiger partial charge in [-0.25, -0.2) is 0 Å². The van der Waals surface area contributed by atoms with Crippen molar-refractivity contribution in [2.24, 2.45) is 0 Å². The van der Waals surface area contributed by atoms with Gasteiger partial charge in [-0.1, -0.05) is 30.4 Å². The molecule has 1 aromatic carbocycles. The predicted molar refractivity (Wildman–Crippen MR) is 91.1 cm³/mol. The number of rotatable bonds is 6. The van der Waals surface area contributed by atoms with Gasteiger partial charge < -0.3 is 10.6 Å². The number of carbonyl (C=O) groups is 2. The fourth-order valence-corrected chi connectivity index (χ4v) is 2.75. The molecule has 1 fully saturated rings. The van der Waals surface area contributed by atoms with E-state index in [2.05, 4.69) is 17.2 Å². The van der Waals surface area contributed by atoms with Crippen LogP contribution in [0.15, 0.2) is 36.4 Å². The number of hydrogen-bond acceptors (Lipinski definition) is 3. The molecule has 1 saturated heterocycles. The van der Waals surface area contributed by atoms with Crippen LogP contribution in [0.3, 0.4) is 0 Å². The van der Waals surface area contributed by atoms with Crippen molar-refractivity contribution in [2.45, 2.75) is 32.1 Å². The van der Waals surface area contributed by atoms with Gasteiger partial charge in [-0.3, -0.25) is 14.5 Å². The Morgan fingerprint density at radius 1 is 1.42 bits per heavy atom. The molecule has 2 N–H and O–H groups in total. The number of hydrogen-bond donors (Lipinski definition) is 2. The summed E-state index contributed by atoms with van der Waals surface area (Å²) in [6.07, 6.45) is -4.48. The second-order valence-electron chi connectivity index (χ2n) is 6.41. The van der Waals surface area contributed by atoms with Crippen molar-refractivity contribution in [1.82, 2.24) is 15.5 Å². The lowest BCUT2D eigenvalue weighted by atomic mass is 10.0. The molecular weight excluding hydrogens is 347 g/mol. The van der Waals surface area contributed by atoms with Gasteiger partial charge in [0.25, 0.3) is 0 Å². The second kappa shape index (κ2) is 8.35. The van der Waals surface area contributed by atoms with E-state index in [-0.39, 0.29) is 24.8 Å². The van der Waals surface area contributed by atoms with Crippen molar-refractivity contribution in [3.05, 3.63) is 47.5 Å². The van der Waals surface area contributed by atoms with Crippen LogP contribution < -0.4 is 10.6 Å². The molecule has 0 saturated carbocycles. The van der Waals surface area contributed by atoms with Crippen LogP contribution in [0.5, 0.6) is 0 Å². The van der Waals surface area contributed by atoms with E-state index in [0.717, 1.165) is 17.7 Å². The first kappa shape index (κ1) is 20.0. The van der Waals surface area contributed by atoms with Crippen LogP contribution in [0.1, 0.15) is 24.5 Å². The largest absolute Gasteiger partial charge is 0.416 e. The fourth-order valence-electron chi connectivity index (χ4n) is 2.75. The molecule has 1 aliphatic heterocycles. The molecule has 0 aliphatic carbocycles. The molecule has 0 unspecified atom stereocenters. The monoisotopic (exact) mass is 369 g/mol. The van der Waals surface area contributed by atoms with Crippen LogP contribution in [0.25, 0.3) is 0 Å². The maximum atomic E-state index is 12.9. The number of piperazine rings is 1. The van der Waals surface area contributed by atoms with Crippen LogP contribution in [-0.4, -0.2) is 42.4 Å². The minimum Gasteiger partial charge on any atom is -0.353 e. The highest BCUT2D eigenvalue weighted by atomic mass is 19.4. The minimum absolute atomic E-state index is 0.0575. The van der Waals surface area contributed by atoms with Crippen LogP contribution in [0.2, 0.25) is 0 Å². The summed E-state index contributed by atoms with van der Waals surface area (Å²) >= 11 is 0. The molecule has 0 bridgehead atoms. The van der Waals surface area contributed by atoms with E-state index < -0.39 is 17.8 Å². The summed E-state index contributed by atoms with van der Waals surface area (Å²) < 4.78 is 38.6. The van der Waals surface area contributed by atoms with Crippen LogP contribution in [0.4, 0.5) is 13.2 Å². The Bertz CT molecular complexity index is 689. The Morgan fingerprint density at radius 2 is 2.15 bits per heavy atom. The zero-order valence-electron chi connectivity index (χ0n) is 14.5. The van der Waals surface area contributed by atoms with E-state index in [1.807, 2.05) is 0 Å². The second-order valence-corrected chi connectivity index (χ2v) is 6.41. The van der Waals surface area contributed by atoms with Crippen molar-refractivity contribution < 1.29 is 22.8 Å². The van der Waals surface area contributed by atoms with Gasteiger partial charge in [0.15, 0.2) is 0 Å². The minimum atomic E-state index is -4.42. The molecule has 1 aliphatic rings. The van der Waals surface area contributed by atoms with E-state index in [1.165, 1.54) is 6.07 Å². The maximum Gasteiger partial charge on any atom is 0.416 e. The highest BCUT2D eigenvalue weighted by Gasteiger charge is 2.33. The lowest BCUT2D eigenvalue weighted by Crippen LogP contribution is -2.56. The summed E-state index contributed by atoms with van der Waals surface area (Å²) in [5, 5.41) is 5.37. The van der Waals surface area contributed by atoms with Crippen molar-refractivity contribution >= 4 is 11.8 Å². The third-order valence-electron chi connectivity index (χ3n) is 4.05. The number of nitrogens with one attached hydrogen (secondary N) is 2. The van der Waals surface area contributed by atoms with Crippen molar-refractivity contribution in [3.63, 3.8) is 0 Å². The zero-order valence-corrected chi connectivity index (χ0v) is 14.5. The highest BCUT2D eigenvalue weighted by Crippen LogP contribution is 2.30. The van der Waals surface area contributed by atoms with Crippen molar-refractivity contribution in [2.75, 3.05) is 19.6 Å². The van der Waals surface area contributed by atoms with Gasteiger partial charge in [-0.2, -0.15) is 13.2 Å². The smallest absolute Gasteiger partial charge is 0.353 e.